The summed E-state index contributed by atoms with van der Waals surface area (Å²) in [4.78, 5) is 24.4. The number of amides is 1. The van der Waals surface area contributed by atoms with Gasteiger partial charge < -0.3 is 9.47 Å². The van der Waals surface area contributed by atoms with Crippen molar-refractivity contribution in [2.45, 2.75) is 45.6 Å². The number of halogens is 1. The third-order valence-corrected chi connectivity index (χ3v) is 3.81. The molecule has 0 spiro atoms. The van der Waals surface area contributed by atoms with Gasteiger partial charge >= 0.3 is 11.8 Å². The first kappa shape index (κ1) is 19.7. The van der Waals surface area contributed by atoms with E-state index in [1.165, 1.54) is 18.1 Å². The van der Waals surface area contributed by atoms with Crippen LogP contribution in [0.3, 0.4) is 0 Å². The van der Waals surface area contributed by atoms with Gasteiger partial charge in [-0.2, -0.15) is 0 Å². The first-order valence-corrected chi connectivity index (χ1v) is 8.35. The van der Waals surface area contributed by atoms with Crippen LogP contribution in [-0.4, -0.2) is 35.2 Å². The summed E-state index contributed by atoms with van der Waals surface area (Å²) >= 11 is 0. The molecule has 0 radical (unpaired) electrons. The van der Waals surface area contributed by atoms with E-state index in [1.54, 1.807) is 26.8 Å². The van der Waals surface area contributed by atoms with Gasteiger partial charge in [-0.1, -0.05) is 0 Å². The fraction of sp³-hybridized carbons (Fsp3) is 0.500. The highest BCUT2D eigenvalue weighted by atomic mass is 19.1. The molecular formula is C18H23FN2O5. The van der Waals surface area contributed by atoms with Crippen LogP contribution in [0.2, 0.25) is 0 Å². The fourth-order valence-corrected chi connectivity index (χ4v) is 2.74. The Bertz CT molecular complexity index is 740. The number of carbonyl (C=O) groups is 1. The van der Waals surface area contributed by atoms with Gasteiger partial charge in [-0.25, -0.2) is 9.18 Å². The normalized spacial score (nSPS) is 16.5. The number of hydrogen-bond donors (Lipinski definition) is 0. The van der Waals surface area contributed by atoms with Gasteiger partial charge in [0.2, 0.25) is 5.75 Å². The van der Waals surface area contributed by atoms with Gasteiger partial charge in [0.1, 0.15) is 5.60 Å². The third kappa shape index (κ3) is 4.71. The van der Waals surface area contributed by atoms with E-state index in [0.717, 1.165) is 18.9 Å². The lowest BCUT2D eigenvalue weighted by Crippen LogP contribution is -2.38. The molecule has 7 nitrogen and oxygen atoms in total. The molecule has 0 aliphatic carbocycles. The van der Waals surface area contributed by atoms with Gasteiger partial charge in [-0.05, 0) is 57.7 Å². The molecular weight excluding hydrogens is 343 g/mol. The van der Waals surface area contributed by atoms with Crippen LogP contribution in [0, 0.1) is 15.9 Å². The second kappa shape index (κ2) is 7.72. The molecule has 8 heteroatoms. The molecule has 0 aromatic heterocycles. The largest absolute Gasteiger partial charge is 0.488 e. The van der Waals surface area contributed by atoms with Crippen molar-refractivity contribution in [3.63, 3.8) is 0 Å². The van der Waals surface area contributed by atoms with Crippen LogP contribution in [0.4, 0.5) is 14.9 Å². The number of nitro groups is 1. The number of carbonyl (C=O) groups excluding carboxylic acids is 1. The monoisotopic (exact) mass is 366 g/mol. The number of nitrogens with zero attached hydrogens (tertiary/aromatic N) is 2. The second-order valence-corrected chi connectivity index (χ2v) is 7.04. The van der Waals surface area contributed by atoms with E-state index in [-0.39, 0.29) is 0 Å². The van der Waals surface area contributed by atoms with Crippen LogP contribution in [-0.2, 0) is 4.74 Å². The highest BCUT2D eigenvalue weighted by Gasteiger charge is 2.27. The standard InChI is InChI=1S/C18H23FN2O5/c1-18(2,3)26-17(22)20-8-6-5-7-13(20)9-12-10-14(19)16(25-4)15(11-12)21(23)24/h9-11H,5-8H2,1-4H3. The summed E-state index contributed by atoms with van der Waals surface area (Å²) in [5, 5.41) is 11.2. The summed E-state index contributed by atoms with van der Waals surface area (Å²) in [5.41, 5.74) is -0.159. The highest BCUT2D eigenvalue weighted by Crippen LogP contribution is 2.33. The topological polar surface area (TPSA) is 81.9 Å². The van der Waals surface area contributed by atoms with Crippen LogP contribution in [0.5, 0.6) is 5.75 Å². The number of ether oxygens (including phenoxy) is 2. The Balaban J connectivity index is 2.39. The van der Waals surface area contributed by atoms with E-state index >= 15 is 0 Å². The Labute approximate surface area is 151 Å². The predicted molar refractivity (Wildman–Crippen MR) is 94.4 cm³/mol. The van der Waals surface area contributed by atoms with Crippen molar-refractivity contribution in [2.24, 2.45) is 0 Å². The van der Waals surface area contributed by atoms with Gasteiger partial charge in [0, 0.05) is 18.3 Å². The van der Waals surface area contributed by atoms with Crippen molar-refractivity contribution in [1.29, 1.82) is 0 Å². The molecule has 1 aromatic rings. The second-order valence-electron chi connectivity index (χ2n) is 7.04. The van der Waals surface area contributed by atoms with E-state index in [1.807, 2.05) is 0 Å². The lowest BCUT2D eigenvalue weighted by Gasteiger charge is -2.32. The minimum absolute atomic E-state index is 0.292. The van der Waals surface area contributed by atoms with Gasteiger partial charge in [0.25, 0.3) is 0 Å². The SMILES string of the molecule is COc1c(F)cc(C=C2CCCCN2C(=O)OC(C)(C)C)cc1[N+](=O)[O-]. The maximum absolute atomic E-state index is 14.1. The summed E-state index contributed by atoms with van der Waals surface area (Å²) in [6, 6.07) is 2.39. The maximum Gasteiger partial charge on any atom is 0.414 e. The summed E-state index contributed by atoms with van der Waals surface area (Å²) in [5.74, 6) is -1.24. The van der Waals surface area contributed by atoms with Gasteiger partial charge in [0.05, 0.1) is 12.0 Å². The molecule has 1 heterocycles. The fourth-order valence-electron chi connectivity index (χ4n) is 2.74. The zero-order valence-corrected chi connectivity index (χ0v) is 15.4. The molecule has 1 aromatic carbocycles. The molecule has 142 valence electrons. The van der Waals surface area contributed by atoms with Crippen LogP contribution >= 0.6 is 0 Å². The minimum atomic E-state index is -0.826. The van der Waals surface area contributed by atoms with Crippen molar-refractivity contribution < 1.29 is 23.6 Å². The lowest BCUT2D eigenvalue weighted by atomic mass is 10.0. The number of hydrogen-bond acceptors (Lipinski definition) is 5. The van der Waals surface area contributed by atoms with E-state index < -0.39 is 33.9 Å². The summed E-state index contributed by atoms with van der Waals surface area (Å²) in [6.07, 6.45) is 3.39. The van der Waals surface area contributed by atoms with E-state index in [4.69, 9.17) is 9.47 Å². The van der Waals surface area contributed by atoms with Crippen LogP contribution in [0.1, 0.15) is 45.6 Å². The number of likely N-dealkylation sites (tertiary alicyclic amines) is 1. The summed E-state index contributed by atoms with van der Waals surface area (Å²) in [7, 11) is 1.18. The Kier molecular flexibility index (Phi) is 5.84. The Morgan fingerprint density at radius 1 is 1.35 bits per heavy atom. The first-order valence-electron chi connectivity index (χ1n) is 8.35. The lowest BCUT2D eigenvalue weighted by molar-refractivity contribution is -0.386. The highest BCUT2D eigenvalue weighted by molar-refractivity contribution is 5.73. The number of nitro benzene ring substituents is 1. The van der Waals surface area contributed by atoms with Crippen molar-refractivity contribution >= 4 is 17.9 Å². The molecule has 26 heavy (non-hydrogen) atoms. The van der Waals surface area contributed by atoms with Crippen molar-refractivity contribution in [1.82, 2.24) is 4.90 Å². The van der Waals surface area contributed by atoms with E-state index in [0.29, 0.717) is 24.2 Å². The zero-order chi connectivity index (χ0) is 19.5. The number of rotatable bonds is 3. The molecule has 1 aliphatic rings. The molecule has 0 atom stereocenters. The van der Waals surface area contributed by atoms with Crippen molar-refractivity contribution in [3.05, 3.63) is 39.3 Å². The van der Waals surface area contributed by atoms with E-state index in [9.17, 15) is 19.3 Å². The minimum Gasteiger partial charge on any atom is -0.488 e. The average molecular weight is 366 g/mol. The maximum atomic E-state index is 14.1. The molecule has 1 amide bonds. The van der Waals surface area contributed by atoms with Crippen molar-refractivity contribution in [2.75, 3.05) is 13.7 Å². The van der Waals surface area contributed by atoms with E-state index in [2.05, 4.69) is 0 Å². The number of allylic oxidation sites excluding steroid dienone is 1. The number of benzene rings is 1. The van der Waals surface area contributed by atoms with Crippen LogP contribution in [0.15, 0.2) is 17.8 Å². The molecule has 1 fully saturated rings. The average Bonchev–Trinajstić information content (AvgIpc) is 2.53. The van der Waals surface area contributed by atoms with Gasteiger partial charge in [-0.15, -0.1) is 0 Å². The molecule has 0 saturated carbocycles. The zero-order valence-electron chi connectivity index (χ0n) is 15.4. The van der Waals surface area contributed by atoms with Crippen LogP contribution < -0.4 is 4.74 Å². The molecule has 2 rings (SSSR count). The van der Waals surface area contributed by atoms with Crippen molar-refractivity contribution in [3.8, 4) is 5.75 Å². The summed E-state index contributed by atoms with van der Waals surface area (Å²) < 4.78 is 24.3. The Hall–Kier alpha value is -2.64. The molecule has 0 unspecified atom stereocenters. The van der Waals surface area contributed by atoms with Crippen LogP contribution in [0.25, 0.3) is 6.08 Å². The molecule has 0 N–H and O–H groups in total. The first-order chi connectivity index (χ1) is 12.1. The van der Waals surface area contributed by atoms with Gasteiger partial charge in [-0.3, -0.25) is 15.0 Å². The molecule has 1 saturated heterocycles. The van der Waals surface area contributed by atoms with Gasteiger partial charge in [0.15, 0.2) is 5.82 Å². The number of piperidine rings is 1. The Morgan fingerprint density at radius 3 is 2.62 bits per heavy atom. The predicted octanol–water partition coefficient (Wildman–Crippen LogP) is 4.50. The summed E-state index contributed by atoms with van der Waals surface area (Å²) in [6.45, 7) is 5.82. The quantitative estimate of drug-likeness (QED) is 0.581. The molecule has 1 aliphatic heterocycles. The Morgan fingerprint density at radius 2 is 2.04 bits per heavy atom. The number of methoxy groups -OCH3 is 1. The molecule has 0 bridgehead atoms. The third-order valence-electron chi connectivity index (χ3n) is 3.81. The smallest absolute Gasteiger partial charge is 0.414 e.